The van der Waals surface area contributed by atoms with Crippen LogP contribution in [0.4, 0.5) is 0 Å². The number of hydrogen-bond acceptors (Lipinski definition) is 4. The highest BCUT2D eigenvalue weighted by Crippen LogP contribution is 2.24. The number of aromatic amines is 2. The lowest BCUT2D eigenvalue weighted by atomic mass is 10.1. The Balaban J connectivity index is 0.000000217. The quantitative estimate of drug-likeness (QED) is 0.654. The standard InChI is InChI=1S/C7H6N2.C6H2Cl2O4.H2O/c1-2-4-7-6(3-1)8-5-9-7;7-1-3(9)5(11)2(8)6(12)4(1)10;/h1-5H,(H,8,9);9,12H;1H2. The first kappa shape index (κ1) is 17.7. The summed E-state index contributed by atoms with van der Waals surface area (Å²) in [5.74, 6) is -4.46. The van der Waals surface area contributed by atoms with Crippen LogP contribution in [0.3, 0.4) is 0 Å². The van der Waals surface area contributed by atoms with E-state index in [1.54, 1.807) is 0 Å². The van der Waals surface area contributed by atoms with Gasteiger partial charge in [-0.3, -0.25) is 9.59 Å². The normalized spacial score (nSPS) is 14.6. The van der Waals surface area contributed by atoms with E-state index in [1.807, 2.05) is 30.6 Å². The number of hydrogen-bond donors (Lipinski definition) is 2. The van der Waals surface area contributed by atoms with Crippen molar-refractivity contribution in [3.05, 3.63) is 52.2 Å². The summed E-state index contributed by atoms with van der Waals surface area (Å²) < 4.78 is 0. The van der Waals surface area contributed by atoms with Crippen molar-refractivity contribution in [2.24, 2.45) is 0 Å². The number of allylic oxidation sites excluding steroid dienone is 2. The number of aliphatic hydroxyl groups is 1. The third-order valence-corrected chi connectivity index (χ3v) is 3.30. The van der Waals surface area contributed by atoms with Crippen LogP contribution in [0.2, 0.25) is 0 Å². The van der Waals surface area contributed by atoms with Gasteiger partial charge in [-0.25, -0.2) is 9.97 Å². The van der Waals surface area contributed by atoms with Gasteiger partial charge < -0.3 is 15.7 Å². The smallest absolute Gasteiger partial charge is 0.240 e. The summed E-state index contributed by atoms with van der Waals surface area (Å²) in [5, 5.41) is 17.9. The van der Waals surface area contributed by atoms with Crippen LogP contribution in [0.5, 0.6) is 0 Å². The SMILES string of the molecule is O.O=C1C(O)=C(Cl)C(=O)C([O-])=C1Cl.c1ccc2[nH+]c[nH]c2c1. The van der Waals surface area contributed by atoms with Crippen molar-refractivity contribution < 1.29 is 30.3 Å². The molecule has 0 unspecified atom stereocenters. The van der Waals surface area contributed by atoms with Gasteiger partial charge in [-0.15, -0.1) is 0 Å². The minimum atomic E-state index is -1.19. The number of carbonyl (C=O) groups excluding carboxylic acids is 2. The predicted molar refractivity (Wildman–Crippen MR) is 76.9 cm³/mol. The van der Waals surface area contributed by atoms with Crippen LogP contribution in [0.25, 0.3) is 11.0 Å². The summed E-state index contributed by atoms with van der Waals surface area (Å²) in [5.41, 5.74) is 2.30. The van der Waals surface area contributed by atoms with Crippen LogP contribution in [0.15, 0.2) is 52.2 Å². The highest BCUT2D eigenvalue weighted by Gasteiger charge is 2.28. The van der Waals surface area contributed by atoms with Crippen molar-refractivity contribution in [3.63, 3.8) is 0 Å². The zero-order valence-electron chi connectivity index (χ0n) is 10.8. The van der Waals surface area contributed by atoms with Crippen molar-refractivity contribution >= 4 is 45.8 Å². The number of rotatable bonds is 0. The van der Waals surface area contributed by atoms with E-state index in [2.05, 4.69) is 9.97 Å². The zero-order valence-corrected chi connectivity index (χ0v) is 12.3. The number of nitrogens with one attached hydrogen (secondary N) is 2. The third-order valence-electron chi connectivity index (χ3n) is 2.61. The third kappa shape index (κ3) is 3.28. The van der Waals surface area contributed by atoms with Gasteiger partial charge in [0.25, 0.3) is 0 Å². The first-order chi connectivity index (χ1) is 9.93. The Kier molecular flexibility index (Phi) is 5.69. The maximum absolute atomic E-state index is 10.8. The fraction of sp³-hybridized carbons (Fsp3) is 0. The van der Waals surface area contributed by atoms with E-state index in [0.717, 1.165) is 11.0 Å². The molecule has 7 nitrogen and oxygen atoms in total. The topological polar surface area (TPSA) is 139 Å². The Morgan fingerprint density at radius 1 is 1.09 bits per heavy atom. The molecule has 0 atom stereocenters. The Hall–Kier alpha value is -2.35. The van der Waals surface area contributed by atoms with E-state index in [0.29, 0.717) is 0 Å². The second-order valence-corrected chi connectivity index (χ2v) is 4.70. The summed E-state index contributed by atoms with van der Waals surface area (Å²) >= 11 is 10.3. The fourth-order valence-electron chi connectivity index (χ4n) is 1.54. The van der Waals surface area contributed by atoms with E-state index in [1.165, 1.54) is 0 Å². The fourth-order valence-corrected chi connectivity index (χ4v) is 1.89. The van der Waals surface area contributed by atoms with Gasteiger partial charge in [0.15, 0.2) is 22.6 Å². The largest absolute Gasteiger partial charge is 0.869 e. The van der Waals surface area contributed by atoms with Crippen molar-refractivity contribution in [1.82, 2.24) is 4.98 Å². The molecule has 2 aromatic rings. The molecule has 9 heteroatoms. The summed E-state index contributed by atoms with van der Waals surface area (Å²) in [6, 6.07) is 8.08. The number of H-pyrrole nitrogens is 2. The van der Waals surface area contributed by atoms with Gasteiger partial charge in [0.05, 0.1) is 5.03 Å². The molecule has 1 aliphatic rings. The van der Waals surface area contributed by atoms with Crippen LogP contribution in [-0.4, -0.2) is 27.1 Å². The molecule has 0 amide bonds. The molecule has 0 radical (unpaired) electrons. The number of para-hydroxylation sites is 2. The molecule has 1 aromatic heterocycles. The molecule has 0 fully saturated rings. The molecule has 1 aromatic carbocycles. The van der Waals surface area contributed by atoms with Crippen LogP contribution in [0, 0.1) is 0 Å². The zero-order chi connectivity index (χ0) is 15.6. The first-order valence-electron chi connectivity index (χ1n) is 5.62. The second kappa shape index (κ2) is 7.08. The molecule has 3 rings (SSSR count). The van der Waals surface area contributed by atoms with Crippen molar-refractivity contribution in [3.8, 4) is 0 Å². The van der Waals surface area contributed by atoms with Crippen molar-refractivity contribution in [2.45, 2.75) is 0 Å². The average molecular weight is 345 g/mol. The molecular weight excluding hydrogens is 335 g/mol. The highest BCUT2D eigenvalue weighted by molar-refractivity contribution is 6.55. The van der Waals surface area contributed by atoms with Gasteiger partial charge in [0.2, 0.25) is 12.1 Å². The van der Waals surface area contributed by atoms with Gasteiger partial charge in [-0.2, -0.15) is 0 Å². The maximum Gasteiger partial charge on any atom is 0.240 e. The first-order valence-corrected chi connectivity index (χ1v) is 6.37. The van der Waals surface area contributed by atoms with Crippen molar-refractivity contribution in [1.29, 1.82) is 0 Å². The Morgan fingerprint density at radius 3 is 2.36 bits per heavy atom. The van der Waals surface area contributed by atoms with Crippen LogP contribution < -0.4 is 10.1 Å². The lowest BCUT2D eigenvalue weighted by Gasteiger charge is -2.17. The number of halogens is 2. The number of aliphatic hydroxyl groups excluding tert-OH is 1. The second-order valence-electron chi connectivity index (χ2n) is 3.94. The molecule has 1 heterocycles. The Labute approximate surface area is 133 Å². The van der Waals surface area contributed by atoms with Gasteiger partial charge in [-0.05, 0) is 17.9 Å². The molecule has 0 spiro atoms. The molecule has 0 bridgehead atoms. The maximum atomic E-state index is 10.8. The minimum absolute atomic E-state index is 0. The summed E-state index contributed by atoms with van der Waals surface area (Å²) in [4.78, 5) is 27.6. The van der Waals surface area contributed by atoms with Gasteiger partial charge in [-0.1, -0.05) is 35.3 Å². The van der Waals surface area contributed by atoms with Crippen LogP contribution in [0.1, 0.15) is 0 Å². The lowest BCUT2D eigenvalue weighted by molar-refractivity contribution is -0.344. The molecule has 116 valence electrons. The Bertz CT molecular complexity index is 702. The number of benzene rings is 1. The summed E-state index contributed by atoms with van der Waals surface area (Å²) in [7, 11) is 0. The number of aromatic nitrogens is 2. The van der Waals surface area contributed by atoms with E-state index in [-0.39, 0.29) is 5.48 Å². The summed E-state index contributed by atoms with van der Waals surface area (Å²) in [6.07, 6.45) is 1.82. The number of Topliss-reactive ketones (excluding diaryl/α,β-unsaturated/α-hetero) is 2. The molecule has 22 heavy (non-hydrogen) atoms. The molecule has 0 saturated heterocycles. The van der Waals surface area contributed by atoms with Gasteiger partial charge in [0, 0.05) is 0 Å². The number of carbonyl (C=O) groups is 2. The number of imidazole rings is 1. The lowest BCUT2D eigenvalue weighted by Crippen LogP contribution is -2.26. The van der Waals surface area contributed by atoms with Crippen molar-refractivity contribution in [2.75, 3.05) is 0 Å². The van der Waals surface area contributed by atoms with Crippen LogP contribution >= 0.6 is 23.2 Å². The van der Waals surface area contributed by atoms with E-state index in [4.69, 9.17) is 28.3 Å². The Morgan fingerprint density at radius 2 is 1.73 bits per heavy atom. The van der Waals surface area contributed by atoms with E-state index < -0.39 is 33.1 Å². The minimum Gasteiger partial charge on any atom is -0.869 e. The van der Waals surface area contributed by atoms with Gasteiger partial charge >= 0.3 is 0 Å². The predicted octanol–water partition coefficient (Wildman–Crippen LogP) is 0.115. The van der Waals surface area contributed by atoms with Crippen LogP contribution in [-0.2, 0) is 9.59 Å². The molecule has 0 saturated carbocycles. The number of fused-ring (bicyclic) bond motifs is 1. The van der Waals surface area contributed by atoms with E-state index in [9.17, 15) is 14.7 Å². The monoisotopic (exact) mass is 344 g/mol. The summed E-state index contributed by atoms with van der Waals surface area (Å²) in [6.45, 7) is 0. The average Bonchev–Trinajstić information content (AvgIpc) is 2.98. The molecule has 0 aliphatic heterocycles. The molecule has 1 aliphatic carbocycles. The molecule has 5 N–H and O–H groups in total. The number of ketones is 2. The van der Waals surface area contributed by atoms with E-state index >= 15 is 0 Å². The van der Waals surface area contributed by atoms with Gasteiger partial charge in [0.1, 0.15) is 5.03 Å². The molecular formula is C13H10Cl2N2O5. The highest BCUT2D eigenvalue weighted by atomic mass is 35.5.